The SMILES string of the molecule is Cn1nc(CNC(=O)c2cccc(C#N)c2)c2c1CCCC2. The summed E-state index contributed by atoms with van der Waals surface area (Å²) in [4.78, 5) is 12.2. The Morgan fingerprint density at radius 3 is 3.05 bits per heavy atom. The molecule has 0 saturated heterocycles. The fourth-order valence-electron chi connectivity index (χ4n) is 3.00. The summed E-state index contributed by atoms with van der Waals surface area (Å²) in [6, 6.07) is 8.76. The minimum atomic E-state index is -0.174. The summed E-state index contributed by atoms with van der Waals surface area (Å²) in [5.74, 6) is -0.174. The van der Waals surface area contributed by atoms with Crippen LogP contribution in [0.3, 0.4) is 0 Å². The van der Waals surface area contributed by atoms with Gasteiger partial charge in [-0.15, -0.1) is 0 Å². The van der Waals surface area contributed by atoms with Crippen molar-refractivity contribution in [1.29, 1.82) is 5.26 Å². The molecular formula is C17H18N4O. The Bertz CT molecular complexity index is 755. The summed E-state index contributed by atoms with van der Waals surface area (Å²) < 4.78 is 1.94. The highest BCUT2D eigenvalue weighted by Gasteiger charge is 2.19. The highest BCUT2D eigenvalue weighted by molar-refractivity contribution is 5.94. The number of aryl methyl sites for hydroxylation is 1. The van der Waals surface area contributed by atoms with E-state index in [9.17, 15) is 4.79 Å². The predicted molar refractivity (Wildman–Crippen MR) is 82.2 cm³/mol. The summed E-state index contributed by atoms with van der Waals surface area (Å²) >= 11 is 0. The molecule has 22 heavy (non-hydrogen) atoms. The van der Waals surface area contributed by atoms with E-state index < -0.39 is 0 Å². The molecular weight excluding hydrogens is 276 g/mol. The van der Waals surface area contributed by atoms with Crippen LogP contribution in [0.4, 0.5) is 0 Å². The molecule has 0 spiro atoms. The normalized spacial score (nSPS) is 13.3. The lowest BCUT2D eigenvalue weighted by Crippen LogP contribution is -2.23. The lowest BCUT2D eigenvalue weighted by Gasteiger charge is -2.12. The number of amides is 1. The van der Waals surface area contributed by atoms with Crippen molar-refractivity contribution in [2.45, 2.75) is 32.2 Å². The molecule has 0 atom stereocenters. The fraction of sp³-hybridized carbons (Fsp3) is 0.353. The summed E-state index contributed by atoms with van der Waals surface area (Å²) in [7, 11) is 1.96. The highest BCUT2D eigenvalue weighted by Crippen LogP contribution is 2.23. The molecule has 0 aliphatic heterocycles. The average Bonchev–Trinajstić information content (AvgIpc) is 2.89. The quantitative estimate of drug-likeness (QED) is 0.942. The summed E-state index contributed by atoms with van der Waals surface area (Å²) in [5.41, 5.74) is 4.54. The Morgan fingerprint density at radius 1 is 1.41 bits per heavy atom. The number of fused-ring (bicyclic) bond motifs is 1. The molecule has 5 heteroatoms. The van der Waals surface area contributed by atoms with Crippen molar-refractivity contribution in [2.75, 3.05) is 0 Å². The maximum Gasteiger partial charge on any atom is 0.251 e. The van der Waals surface area contributed by atoms with Crippen molar-refractivity contribution in [3.05, 3.63) is 52.3 Å². The van der Waals surface area contributed by atoms with Crippen LogP contribution in [0.15, 0.2) is 24.3 Å². The fourth-order valence-corrected chi connectivity index (χ4v) is 3.00. The van der Waals surface area contributed by atoms with Crippen LogP contribution in [-0.4, -0.2) is 15.7 Å². The number of aromatic nitrogens is 2. The van der Waals surface area contributed by atoms with Gasteiger partial charge in [0.25, 0.3) is 5.91 Å². The first-order chi connectivity index (χ1) is 10.7. The summed E-state index contributed by atoms with van der Waals surface area (Å²) in [6.45, 7) is 0.429. The van der Waals surface area contributed by atoms with E-state index in [1.54, 1.807) is 24.3 Å². The molecule has 2 aromatic rings. The Labute approximate surface area is 129 Å². The van der Waals surface area contributed by atoms with Gasteiger partial charge in [-0.25, -0.2) is 0 Å². The third-order valence-corrected chi connectivity index (χ3v) is 4.12. The van der Waals surface area contributed by atoms with Crippen LogP contribution in [0, 0.1) is 11.3 Å². The lowest BCUT2D eigenvalue weighted by atomic mass is 9.95. The Kier molecular flexibility index (Phi) is 3.92. The van der Waals surface area contributed by atoms with E-state index in [2.05, 4.69) is 10.4 Å². The minimum absolute atomic E-state index is 0.174. The van der Waals surface area contributed by atoms with Crippen molar-refractivity contribution in [1.82, 2.24) is 15.1 Å². The van der Waals surface area contributed by atoms with Crippen molar-refractivity contribution < 1.29 is 4.79 Å². The molecule has 1 aromatic carbocycles. The standard InChI is InChI=1S/C17H18N4O/c1-21-16-8-3-2-7-14(16)15(20-21)11-19-17(22)13-6-4-5-12(9-13)10-18/h4-6,9H,2-3,7-8,11H2,1H3,(H,19,22). The second-order valence-corrected chi connectivity index (χ2v) is 5.58. The molecule has 1 heterocycles. The molecule has 0 fully saturated rings. The zero-order valence-corrected chi connectivity index (χ0v) is 12.6. The first kappa shape index (κ1) is 14.3. The van der Waals surface area contributed by atoms with Crippen molar-refractivity contribution in [2.24, 2.45) is 7.05 Å². The highest BCUT2D eigenvalue weighted by atomic mass is 16.1. The van der Waals surface area contributed by atoms with E-state index >= 15 is 0 Å². The van der Waals surface area contributed by atoms with Crippen LogP contribution in [0.2, 0.25) is 0 Å². The molecule has 5 nitrogen and oxygen atoms in total. The average molecular weight is 294 g/mol. The van der Waals surface area contributed by atoms with Gasteiger partial charge < -0.3 is 5.32 Å². The number of nitrogens with one attached hydrogen (secondary N) is 1. The molecule has 1 aromatic heterocycles. The van der Waals surface area contributed by atoms with Crippen LogP contribution in [0.25, 0.3) is 0 Å². The van der Waals surface area contributed by atoms with Crippen LogP contribution < -0.4 is 5.32 Å². The van der Waals surface area contributed by atoms with Gasteiger partial charge in [-0.05, 0) is 49.4 Å². The van der Waals surface area contributed by atoms with Crippen LogP contribution in [0.5, 0.6) is 0 Å². The summed E-state index contributed by atoms with van der Waals surface area (Å²) in [6.07, 6.45) is 4.50. The van der Waals surface area contributed by atoms with Crippen LogP contribution in [0.1, 0.15) is 45.7 Å². The van der Waals surface area contributed by atoms with E-state index in [4.69, 9.17) is 5.26 Å². The van der Waals surface area contributed by atoms with Crippen molar-refractivity contribution in [3.8, 4) is 6.07 Å². The molecule has 1 aliphatic rings. The van der Waals surface area contributed by atoms with E-state index in [1.165, 1.54) is 24.1 Å². The number of hydrogen-bond acceptors (Lipinski definition) is 3. The van der Waals surface area contributed by atoms with Gasteiger partial charge in [-0.2, -0.15) is 10.4 Å². The molecule has 1 amide bonds. The van der Waals surface area contributed by atoms with Crippen molar-refractivity contribution in [3.63, 3.8) is 0 Å². The molecule has 3 rings (SSSR count). The lowest BCUT2D eigenvalue weighted by molar-refractivity contribution is 0.0950. The maximum absolute atomic E-state index is 12.2. The van der Waals surface area contributed by atoms with Gasteiger partial charge in [0.1, 0.15) is 0 Å². The molecule has 0 radical (unpaired) electrons. The minimum Gasteiger partial charge on any atom is -0.346 e. The molecule has 1 N–H and O–H groups in total. The molecule has 0 unspecified atom stereocenters. The molecule has 0 bridgehead atoms. The van der Waals surface area contributed by atoms with Gasteiger partial charge in [-0.1, -0.05) is 6.07 Å². The number of nitriles is 1. The first-order valence-corrected chi connectivity index (χ1v) is 7.51. The van der Waals surface area contributed by atoms with Gasteiger partial charge in [0, 0.05) is 18.3 Å². The molecule has 0 saturated carbocycles. The molecule has 1 aliphatic carbocycles. The Hall–Kier alpha value is -2.61. The topological polar surface area (TPSA) is 70.7 Å². The molecule has 112 valence electrons. The largest absolute Gasteiger partial charge is 0.346 e. The second-order valence-electron chi connectivity index (χ2n) is 5.58. The predicted octanol–water partition coefficient (Wildman–Crippen LogP) is 2.10. The number of benzene rings is 1. The summed E-state index contributed by atoms with van der Waals surface area (Å²) in [5, 5.41) is 16.3. The Morgan fingerprint density at radius 2 is 2.23 bits per heavy atom. The number of carbonyl (C=O) groups is 1. The monoisotopic (exact) mass is 294 g/mol. The van der Waals surface area contributed by atoms with E-state index in [-0.39, 0.29) is 5.91 Å². The van der Waals surface area contributed by atoms with Gasteiger partial charge in [-0.3, -0.25) is 9.48 Å². The van der Waals surface area contributed by atoms with Crippen molar-refractivity contribution >= 4 is 5.91 Å². The third-order valence-electron chi connectivity index (χ3n) is 4.12. The maximum atomic E-state index is 12.2. The van der Waals surface area contributed by atoms with E-state index in [0.717, 1.165) is 18.5 Å². The third kappa shape index (κ3) is 2.73. The van der Waals surface area contributed by atoms with E-state index in [1.807, 2.05) is 17.8 Å². The first-order valence-electron chi connectivity index (χ1n) is 7.51. The number of nitrogens with zero attached hydrogens (tertiary/aromatic N) is 3. The van der Waals surface area contributed by atoms with Gasteiger partial charge in [0.05, 0.1) is 23.9 Å². The smallest absolute Gasteiger partial charge is 0.251 e. The zero-order chi connectivity index (χ0) is 15.5. The van der Waals surface area contributed by atoms with Gasteiger partial charge in [0.2, 0.25) is 0 Å². The second kappa shape index (κ2) is 6.02. The zero-order valence-electron chi connectivity index (χ0n) is 12.6. The number of hydrogen-bond donors (Lipinski definition) is 1. The Balaban J connectivity index is 1.72. The number of carbonyl (C=O) groups excluding carboxylic acids is 1. The van der Waals surface area contributed by atoms with Gasteiger partial charge >= 0.3 is 0 Å². The number of rotatable bonds is 3. The van der Waals surface area contributed by atoms with Crippen LogP contribution in [-0.2, 0) is 26.4 Å². The van der Waals surface area contributed by atoms with E-state index in [0.29, 0.717) is 17.7 Å². The van der Waals surface area contributed by atoms with Gasteiger partial charge in [0.15, 0.2) is 0 Å². The van der Waals surface area contributed by atoms with Crippen LogP contribution >= 0.6 is 0 Å².